The van der Waals surface area contributed by atoms with Gasteiger partial charge in [0.25, 0.3) is 0 Å². The van der Waals surface area contributed by atoms with Crippen molar-refractivity contribution in [2.45, 2.75) is 51.6 Å². The van der Waals surface area contributed by atoms with Crippen LogP contribution < -0.4 is 10.6 Å². The van der Waals surface area contributed by atoms with Gasteiger partial charge in [-0.15, -0.1) is 0 Å². The molecule has 1 aliphatic carbocycles. The van der Waals surface area contributed by atoms with Crippen LogP contribution in [0.5, 0.6) is 0 Å². The fourth-order valence-electron chi connectivity index (χ4n) is 2.47. The van der Waals surface area contributed by atoms with Gasteiger partial charge in [-0.2, -0.15) is 0 Å². The van der Waals surface area contributed by atoms with Gasteiger partial charge < -0.3 is 10.6 Å². The molecule has 0 heterocycles. The number of rotatable bonds is 3. The van der Waals surface area contributed by atoms with Gasteiger partial charge in [0.1, 0.15) is 0 Å². The maximum absolute atomic E-state index is 11.8. The van der Waals surface area contributed by atoms with Gasteiger partial charge in [0, 0.05) is 12.6 Å². The summed E-state index contributed by atoms with van der Waals surface area (Å²) in [5, 5.41) is 5.47. The molecule has 20 heavy (non-hydrogen) atoms. The van der Waals surface area contributed by atoms with Gasteiger partial charge in [0.2, 0.25) is 0 Å². The zero-order chi connectivity index (χ0) is 14.4. The molecule has 1 fully saturated rings. The molecular formula is C16H22N2O2. The number of hydrogen-bond donors (Lipinski definition) is 2. The van der Waals surface area contributed by atoms with Crippen LogP contribution in [0.25, 0.3) is 0 Å². The monoisotopic (exact) mass is 274 g/mol. The lowest BCUT2D eigenvalue weighted by Gasteiger charge is -2.22. The summed E-state index contributed by atoms with van der Waals surface area (Å²) in [5.74, 6) is -1.06. The van der Waals surface area contributed by atoms with Crippen LogP contribution in [0, 0.1) is 6.92 Å². The maximum Gasteiger partial charge on any atom is 0.309 e. The smallest absolute Gasteiger partial charge is 0.309 e. The van der Waals surface area contributed by atoms with Crippen molar-refractivity contribution >= 4 is 11.8 Å². The highest BCUT2D eigenvalue weighted by atomic mass is 16.2. The first-order chi connectivity index (χ1) is 9.65. The molecule has 0 aromatic heterocycles. The average Bonchev–Trinajstić information content (AvgIpc) is 2.47. The Morgan fingerprint density at radius 2 is 1.70 bits per heavy atom. The van der Waals surface area contributed by atoms with Crippen LogP contribution in [-0.4, -0.2) is 17.9 Å². The molecule has 0 unspecified atom stereocenters. The van der Waals surface area contributed by atoms with E-state index in [2.05, 4.69) is 10.6 Å². The fraction of sp³-hybridized carbons (Fsp3) is 0.500. The molecule has 1 aromatic carbocycles. The van der Waals surface area contributed by atoms with Gasteiger partial charge in [-0.3, -0.25) is 9.59 Å². The SMILES string of the molecule is Cc1ccc(CNC(=O)C(=O)NC2CCCCC2)cc1. The number of nitrogens with one attached hydrogen (secondary N) is 2. The van der Waals surface area contributed by atoms with E-state index in [1.807, 2.05) is 31.2 Å². The Labute approximate surface area is 119 Å². The molecule has 108 valence electrons. The van der Waals surface area contributed by atoms with E-state index >= 15 is 0 Å². The topological polar surface area (TPSA) is 58.2 Å². The number of carbonyl (C=O) groups is 2. The van der Waals surface area contributed by atoms with Gasteiger partial charge in [-0.25, -0.2) is 0 Å². The predicted molar refractivity (Wildman–Crippen MR) is 78.0 cm³/mol. The molecular weight excluding hydrogens is 252 g/mol. The Morgan fingerprint density at radius 3 is 2.35 bits per heavy atom. The Bertz CT molecular complexity index is 462. The van der Waals surface area contributed by atoms with Crippen molar-refractivity contribution in [3.63, 3.8) is 0 Å². The lowest BCUT2D eigenvalue weighted by molar-refractivity contribution is -0.139. The van der Waals surface area contributed by atoms with Crippen LogP contribution in [0.4, 0.5) is 0 Å². The summed E-state index contributed by atoms with van der Waals surface area (Å²) in [4.78, 5) is 23.5. The second-order valence-electron chi connectivity index (χ2n) is 5.48. The second kappa shape index (κ2) is 7.08. The van der Waals surface area contributed by atoms with Crippen LogP contribution in [0.3, 0.4) is 0 Å². The van der Waals surface area contributed by atoms with Gasteiger partial charge in [0.15, 0.2) is 0 Å². The molecule has 4 nitrogen and oxygen atoms in total. The molecule has 0 saturated heterocycles. The zero-order valence-electron chi connectivity index (χ0n) is 11.9. The van der Waals surface area contributed by atoms with Gasteiger partial charge in [0.05, 0.1) is 0 Å². The lowest BCUT2D eigenvalue weighted by Crippen LogP contribution is -2.45. The number of carbonyl (C=O) groups excluding carboxylic acids is 2. The summed E-state index contributed by atoms with van der Waals surface area (Å²) in [7, 11) is 0. The minimum absolute atomic E-state index is 0.168. The Kier molecular flexibility index (Phi) is 5.16. The van der Waals surface area contributed by atoms with Gasteiger partial charge in [-0.05, 0) is 25.3 Å². The molecule has 0 atom stereocenters. The molecule has 0 spiro atoms. The Balaban J connectivity index is 1.76. The van der Waals surface area contributed by atoms with Gasteiger partial charge in [-0.1, -0.05) is 49.1 Å². The third kappa shape index (κ3) is 4.37. The van der Waals surface area contributed by atoms with E-state index in [9.17, 15) is 9.59 Å². The fourth-order valence-corrected chi connectivity index (χ4v) is 2.47. The van der Waals surface area contributed by atoms with Crippen molar-refractivity contribution in [1.82, 2.24) is 10.6 Å². The molecule has 0 aliphatic heterocycles. The van der Waals surface area contributed by atoms with Crippen LogP contribution in [0.2, 0.25) is 0 Å². The quantitative estimate of drug-likeness (QED) is 0.829. The highest BCUT2D eigenvalue weighted by molar-refractivity contribution is 6.35. The molecule has 2 amide bonds. The van der Waals surface area contributed by atoms with E-state index < -0.39 is 11.8 Å². The molecule has 2 N–H and O–H groups in total. The van der Waals surface area contributed by atoms with Crippen molar-refractivity contribution in [3.05, 3.63) is 35.4 Å². The molecule has 0 radical (unpaired) electrons. The van der Waals surface area contributed by atoms with E-state index in [0.29, 0.717) is 6.54 Å². The van der Waals surface area contributed by atoms with E-state index in [1.165, 1.54) is 12.0 Å². The van der Waals surface area contributed by atoms with Crippen molar-refractivity contribution < 1.29 is 9.59 Å². The first-order valence-corrected chi connectivity index (χ1v) is 7.29. The van der Waals surface area contributed by atoms with Crippen LogP contribution in [0.15, 0.2) is 24.3 Å². The summed E-state index contributed by atoms with van der Waals surface area (Å²) in [6.07, 6.45) is 5.46. The third-order valence-corrected chi connectivity index (χ3v) is 3.72. The number of benzene rings is 1. The normalized spacial score (nSPS) is 15.7. The van der Waals surface area contributed by atoms with Gasteiger partial charge >= 0.3 is 11.8 Å². The lowest BCUT2D eigenvalue weighted by atomic mass is 9.95. The largest absolute Gasteiger partial charge is 0.345 e. The standard InChI is InChI=1S/C16H22N2O2/c1-12-7-9-13(10-8-12)11-17-15(19)16(20)18-14-5-3-2-4-6-14/h7-10,14H,2-6,11H2,1H3,(H,17,19)(H,18,20). The average molecular weight is 274 g/mol. The highest BCUT2D eigenvalue weighted by Gasteiger charge is 2.19. The van der Waals surface area contributed by atoms with Crippen LogP contribution in [-0.2, 0) is 16.1 Å². The third-order valence-electron chi connectivity index (χ3n) is 3.72. The van der Waals surface area contributed by atoms with Crippen molar-refractivity contribution in [2.75, 3.05) is 0 Å². The molecule has 1 aliphatic rings. The zero-order valence-corrected chi connectivity index (χ0v) is 11.9. The summed E-state index contributed by atoms with van der Waals surface area (Å²) in [6.45, 7) is 2.40. The van der Waals surface area contributed by atoms with E-state index in [0.717, 1.165) is 31.2 Å². The van der Waals surface area contributed by atoms with E-state index in [1.54, 1.807) is 0 Å². The predicted octanol–water partition coefficient (Wildman–Crippen LogP) is 2.06. The van der Waals surface area contributed by atoms with Crippen LogP contribution in [0.1, 0.15) is 43.2 Å². The minimum Gasteiger partial charge on any atom is -0.345 e. The molecule has 0 bridgehead atoms. The van der Waals surface area contributed by atoms with Crippen molar-refractivity contribution in [1.29, 1.82) is 0 Å². The highest BCUT2D eigenvalue weighted by Crippen LogP contribution is 2.17. The van der Waals surface area contributed by atoms with Crippen LogP contribution >= 0.6 is 0 Å². The summed E-state index contributed by atoms with van der Waals surface area (Å²) in [5.41, 5.74) is 2.17. The second-order valence-corrected chi connectivity index (χ2v) is 5.48. The van der Waals surface area contributed by atoms with Crippen molar-refractivity contribution in [3.8, 4) is 0 Å². The maximum atomic E-state index is 11.8. The molecule has 4 heteroatoms. The van der Waals surface area contributed by atoms with E-state index in [4.69, 9.17) is 0 Å². The number of hydrogen-bond acceptors (Lipinski definition) is 2. The number of amides is 2. The summed E-state index contributed by atoms with van der Waals surface area (Å²) in [6, 6.07) is 8.05. The first-order valence-electron chi connectivity index (χ1n) is 7.29. The summed E-state index contributed by atoms with van der Waals surface area (Å²) < 4.78 is 0. The Morgan fingerprint density at radius 1 is 1.05 bits per heavy atom. The molecule has 1 saturated carbocycles. The summed E-state index contributed by atoms with van der Waals surface area (Å²) >= 11 is 0. The molecule has 2 rings (SSSR count). The van der Waals surface area contributed by atoms with Crippen molar-refractivity contribution in [2.24, 2.45) is 0 Å². The number of aryl methyl sites for hydroxylation is 1. The Hall–Kier alpha value is -1.84. The van der Waals surface area contributed by atoms with E-state index in [-0.39, 0.29) is 6.04 Å². The minimum atomic E-state index is -0.545. The first kappa shape index (κ1) is 14.6. The molecule has 1 aromatic rings.